The maximum Gasteiger partial charge on any atom is 0.175 e. The Labute approximate surface area is 161 Å². The predicted molar refractivity (Wildman–Crippen MR) is 104 cm³/mol. The van der Waals surface area contributed by atoms with Crippen molar-refractivity contribution in [2.45, 2.75) is 4.90 Å². The molecule has 6 nitrogen and oxygen atoms in total. The molecule has 0 aliphatic carbocycles. The van der Waals surface area contributed by atoms with Gasteiger partial charge in [-0.25, -0.2) is 27.8 Å². The van der Waals surface area contributed by atoms with Crippen LogP contribution in [0.5, 0.6) is 0 Å². The number of aromatic nitrogens is 4. The van der Waals surface area contributed by atoms with Crippen LogP contribution >= 0.6 is 0 Å². The van der Waals surface area contributed by atoms with Crippen LogP contribution in [0.4, 0.5) is 4.39 Å². The van der Waals surface area contributed by atoms with Crippen LogP contribution in [0.25, 0.3) is 34.0 Å². The van der Waals surface area contributed by atoms with E-state index in [0.29, 0.717) is 22.9 Å². The van der Waals surface area contributed by atoms with Gasteiger partial charge in [0.05, 0.1) is 22.0 Å². The lowest BCUT2D eigenvalue weighted by Gasteiger charge is -2.01. The number of rotatable bonds is 4. The second-order valence-corrected chi connectivity index (χ2v) is 8.22. The summed E-state index contributed by atoms with van der Waals surface area (Å²) < 4.78 is 36.7. The summed E-state index contributed by atoms with van der Waals surface area (Å²) in [7, 11) is -3.28. The molecule has 0 bridgehead atoms. The standard InChI is InChI=1S/C20H15FN4O2S/c1-28(26,27)16-8-4-14(5-9-16)20-24-18(13-2-6-15(21)7-3-13)19(25-20)17-10-11-22-12-23-17/h2-12H,1H3,(H,24,25). The van der Waals surface area contributed by atoms with Crippen LogP contribution in [0, 0.1) is 5.82 Å². The highest BCUT2D eigenvalue weighted by Crippen LogP contribution is 2.32. The molecular weight excluding hydrogens is 379 g/mol. The maximum absolute atomic E-state index is 13.3. The Morgan fingerprint density at radius 1 is 0.929 bits per heavy atom. The van der Waals surface area contributed by atoms with E-state index in [9.17, 15) is 12.8 Å². The molecule has 2 heterocycles. The third kappa shape index (κ3) is 3.54. The first-order valence-electron chi connectivity index (χ1n) is 8.34. The van der Waals surface area contributed by atoms with Crippen LogP contribution < -0.4 is 0 Å². The summed E-state index contributed by atoms with van der Waals surface area (Å²) >= 11 is 0. The van der Waals surface area contributed by atoms with Gasteiger partial charge in [-0.05, 0) is 54.6 Å². The minimum Gasteiger partial charge on any atom is -0.336 e. The van der Waals surface area contributed by atoms with E-state index in [1.165, 1.54) is 30.6 Å². The lowest BCUT2D eigenvalue weighted by molar-refractivity contribution is 0.602. The summed E-state index contributed by atoms with van der Waals surface area (Å²) in [5.74, 6) is 0.215. The van der Waals surface area contributed by atoms with Crippen molar-refractivity contribution in [3.8, 4) is 34.0 Å². The highest BCUT2D eigenvalue weighted by Gasteiger charge is 2.17. The van der Waals surface area contributed by atoms with Gasteiger partial charge in [-0.1, -0.05) is 0 Å². The second-order valence-electron chi connectivity index (χ2n) is 6.21. The molecule has 0 aliphatic heterocycles. The van der Waals surface area contributed by atoms with Gasteiger partial charge < -0.3 is 4.98 Å². The number of benzene rings is 2. The number of hydrogen-bond donors (Lipinski definition) is 1. The van der Waals surface area contributed by atoms with Crippen molar-refractivity contribution in [2.75, 3.05) is 6.26 Å². The van der Waals surface area contributed by atoms with E-state index in [2.05, 4.69) is 19.9 Å². The Morgan fingerprint density at radius 2 is 1.61 bits per heavy atom. The van der Waals surface area contributed by atoms with Gasteiger partial charge in [0.15, 0.2) is 9.84 Å². The topological polar surface area (TPSA) is 88.6 Å². The summed E-state index contributed by atoms with van der Waals surface area (Å²) in [4.78, 5) is 16.3. The van der Waals surface area contributed by atoms with Gasteiger partial charge in [0.25, 0.3) is 0 Å². The normalized spacial score (nSPS) is 11.5. The van der Waals surface area contributed by atoms with Crippen LogP contribution in [-0.2, 0) is 9.84 Å². The van der Waals surface area contributed by atoms with Gasteiger partial charge in [0, 0.05) is 23.6 Å². The molecular formula is C20H15FN4O2S. The number of hydrogen-bond acceptors (Lipinski definition) is 5. The third-order valence-corrected chi connectivity index (χ3v) is 5.34. The van der Waals surface area contributed by atoms with E-state index in [1.54, 1.807) is 36.5 Å². The van der Waals surface area contributed by atoms with Gasteiger partial charge in [0.2, 0.25) is 0 Å². The summed E-state index contributed by atoms with van der Waals surface area (Å²) in [5, 5.41) is 0. The van der Waals surface area contributed by atoms with Crippen molar-refractivity contribution in [3.05, 3.63) is 72.9 Å². The minimum atomic E-state index is -3.28. The number of nitrogens with zero attached hydrogens (tertiary/aromatic N) is 3. The first-order valence-corrected chi connectivity index (χ1v) is 10.2. The molecule has 0 aliphatic rings. The lowest BCUT2D eigenvalue weighted by Crippen LogP contribution is -1.96. The molecule has 8 heteroatoms. The highest BCUT2D eigenvalue weighted by atomic mass is 32.2. The van der Waals surface area contributed by atoms with E-state index in [4.69, 9.17) is 0 Å². The zero-order valence-electron chi connectivity index (χ0n) is 14.8. The van der Waals surface area contributed by atoms with Crippen LogP contribution in [0.3, 0.4) is 0 Å². The maximum atomic E-state index is 13.3. The van der Waals surface area contributed by atoms with Crippen molar-refractivity contribution >= 4 is 9.84 Å². The lowest BCUT2D eigenvalue weighted by atomic mass is 10.1. The number of sulfone groups is 1. The Morgan fingerprint density at radius 3 is 2.21 bits per heavy atom. The Balaban J connectivity index is 1.85. The molecule has 0 atom stereocenters. The molecule has 0 saturated carbocycles. The monoisotopic (exact) mass is 394 g/mol. The Bertz CT molecular complexity index is 1220. The van der Waals surface area contributed by atoms with Gasteiger partial charge in [-0.3, -0.25) is 0 Å². The molecule has 4 rings (SSSR count). The fourth-order valence-corrected chi connectivity index (χ4v) is 3.44. The first kappa shape index (κ1) is 18.0. The summed E-state index contributed by atoms with van der Waals surface area (Å²) in [6, 6.07) is 14.2. The fraction of sp³-hybridized carbons (Fsp3) is 0.0500. The molecule has 140 valence electrons. The average Bonchev–Trinajstić information content (AvgIpc) is 3.14. The van der Waals surface area contributed by atoms with Crippen LogP contribution in [0.2, 0.25) is 0 Å². The van der Waals surface area contributed by atoms with Gasteiger partial charge >= 0.3 is 0 Å². The number of H-pyrrole nitrogens is 1. The molecule has 0 spiro atoms. The molecule has 4 aromatic rings. The summed E-state index contributed by atoms with van der Waals surface area (Å²) in [6.07, 6.45) is 4.22. The minimum absolute atomic E-state index is 0.234. The molecule has 0 saturated heterocycles. The zero-order valence-corrected chi connectivity index (χ0v) is 15.6. The van der Waals surface area contributed by atoms with Crippen LogP contribution in [0.15, 0.2) is 72.0 Å². The summed E-state index contributed by atoms with van der Waals surface area (Å²) in [6.45, 7) is 0. The number of halogens is 1. The van der Waals surface area contributed by atoms with Crippen molar-refractivity contribution in [1.29, 1.82) is 0 Å². The number of imidazole rings is 1. The highest BCUT2D eigenvalue weighted by molar-refractivity contribution is 7.90. The van der Waals surface area contributed by atoms with Crippen molar-refractivity contribution in [2.24, 2.45) is 0 Å². The van der Waals surface area contributed by atoms with Crippen molar-refractivity contribution < 1.29 is 12.8 Å². The van der Waals surface area contributed by atoms with E-state index in [0.717, 1.165) is 17.4 Å². The SMILES string of the molecule is CS(=O)(=O)c1ccc(-c2nc(-c3ccc(F)cc3)c(-c3ccncn3)[nH]2)cc1. The quantitative estimate of drug-likeness (QED) is 0.570. The number of nitrogens with one attached hydrogen (secondary N) is 1. The van der Waals surface area contributed by atoms with E-state index in [-0.39, 0.29) is 10.7 Å². The van der Waals surface area contributed by atoms with Gasteiger partial charge in [-0.2, -0.15) is 0 Å². The average molecular weight is 394 g/mol. The van der Waals surface area contributed by atoms with E-state index < -0.39 is 9.84 Å². The fourth-order valence-electron chi connectivity index (χ4n) is 2.81. The van der Waals surface area contributed by atoms with E-state index in [1.807, 2.05) is 0 Å². The molecule has 0 fully saturated rings. The Kier molecular flexibility index (Phi) is 4.48. The molecule has 2 aromatic carbocycles. The predicted octanol–water partition coefficient (Wildman–Crippen LogP) is 3.74. The molecule has 1 N–H and O–H groups in total. The van der Waals surface area contributed by atoms with Crippen LogP contribution in [-0.4, -0.2) is 34.6 Å². The van der Waals surface area contributed by atoms with Crippen molar-refractivity contribution in [1.82, 2.24) is 19.9 Å². The molecule has 0 radical (unpaired) electrons. The van der Waals surface area contributed by atoms with Gasteiger partial charge in [0.1, 0.15) is 18.0 Å². The molecule has 28 heavy (non-hydrogen) atoms. The van der Waals surface area contributed by atoms with Crippen LogP contribution in [0.1, 0.15) is 0 Å². The van der Waals surface area contributed by atoms with Gasteiger partial charge in [-0.15, -0.1) is 0 Å². The first-order chi connectivity index (χ1) is 13.4. The van der Waals surface area contributed by atoms with E-state index >= 15 is 0 Å². The third-order valence-electron chi connectivity index (χ3n) is 4.22. The Hall–Kier alpha value is -3.39. The number of aromatic amines is 1. The smallest absolute Gasteiger partial charge is 0.175 e. The molecule has 0 unspecified atom stereocenters. The van der Waals surface area contributed by atoms with Crippen molar-refractivity contribution in [3.63, 3.8) is 0 Å². The molecule has 0 amide bonds. The second kappa shape index (κ2) is 6.97. The zero-order chi connectivity index (χ0) is 19.7. The largest absolute Gasteiger partial charge is 0.336 e. The molecule has 2 aromatic heterocycles. The summed E-state index contributed by atoms with van der Waals surface area (Å²) in [5.41, 5.74) is 3.36.